The van der Waals surface area contributed by atoms with Gasteiger partial charge in [-0.15, -0.1) is 11.3 Å². The second kappa shape index (κ2) is 6.78. The number of thiophene rings is 1. The first-order chi connectivity index (χ1) is 10.3. The minimum Gasteiger partial charge on any atom is -0.481 e. The summed E-state index contributed by atoms with van der Waals surface area (Å²) in [6.07, 6.45) is -0.346. The minimum atomic E-state index is -3.82. The van der Waals surface area contributed by atoms with Gasteiger partial charge in [-0.1, -0.05) is 41.4 Å². The van der Waals surface area contributed by atoms with E-state index in [0.717, 1.165) is 16.9 Å². The van der Waals surface area contributed by atoms with Crippen LogP contribution in [0.25, 0.3) is 0 Å². The van der Waals surface area contributed by atoms with E-state index in [9.17, 15) is 13.2 Å². The summed E-state index contributed by atoms with van der Waals surface area (Å²) in [4.78, 5) is 11.0. The number of benzene rings is 1. The molecular weight excluding hydrogens is 346 g/mol. The Bertz CT molecular complexity index is 768. The van der Waals surface area contributed by atoms with Crippen LogP contribution in [0, 0.1) is 6.92 Å². The average Bonchev–Trinajstić information content (AvgIpc) is 2.85. The van der Waals surface area contributed by atoms with Crippen molar-refractivity contribution < 1.29 is 18.3 Å². The number of carboxylic acid groups (broad SMARTS) is 1. The summed E-state index contributed by atoms with van der Waals surface area (Å²) in [6, 6.07) is 9.07. The molecule has 0 amide bonds. The third-order valence-corrected chi connectivity index (χ3v) is 6.16. The van der Waals surface area contributed by atoms with Crippen LogP contribution in [-0.2, 0) is 14.8 Å². The van der Waals surface area contributed by atoms with Crippen LogP contribution in [0.15, 0.2) is 40.6 Å². The van der Waals surface area contributed by atoms with Gasteiger partial charge in [0.1, 0.15) is 4.21 Å². The molecule has 0 aliphatic heterocycles. The molecule has 0 aliphatic rings. The molecular formula is C14H14ClNO4S2. The van der Waals surface area contributed by atoms with Gasteiger partial charge in [-0.2, -0.15) is 0 Å². The number of rotatable bonds is 6. The second-order valence-electron chi connectivity index (χ2n) is 4.74. The van der Waals surface area contributed by atoms with E-state index < -0.39 is 22.0 Å². The molecule has 22 heavy (non-hydrogen) atoms. The smallest absolute Gasteiger partial charge is 0.305 e. The molecule has 2 aromatic rings. The van der Waals surface area contributed by atoms with Crippen LogP contribution in [0.4, 0.5) is 0 Å². The number of hydrogen-bond donors (Lipinski definition) is 2. The first kappa shape index (κ1) is 17.0. The SMILES string of the molecule is Cc1ccc([C@H](CC(=O)O)NS(=O)(=O)c2ccc(Cl)s2)cc1. The van der Waals surface area contributed by atoms with Gasteiger partial charge >= 0.3 is 5.97 Å². The lowest BCUT2D eigenvalue weighted by molar-refractivity contribution is -0.137. The predicted octanol–water partition coefficient (Wildman–Crippen LogP) is 3.20. The molecule has 1 atom stereocenters. The Morgan fingerprint density at radius 3 is 2.41 bits per heavy atom. The van der Waals surface area contributed by atoms with Crippen LogP contribution in [0.3, 0.4) is 0 Å². The summed E-state index contributed by atoms with van der Waals surface area (Å²) in [5.41, 5.74) is 1.60. The van der Waals surface area contributed by atoms with Crippen molar-refractivity contribution in [3.63, 3.8) is 0 Å². The van der Waals surface area contributed by atoms with Crippen LogP contribution < -0.4 is 4.72 Å². The lowest BCUT2D eigenvalue weighted by atomic mass is 10.0. The summed E-state index contributed by atoms with van der Waals surface area (Å²) in [6.45, 7) is 1.90. The van der Waals surface area contributed by atoms with E-state index >= 15 is 0 Å². The second-order valence-corrected chi connectivity index (χ2v) is 8.40. The van der Waals surface area contributed by atoms with Crippen molar-refractivity contribution >= 4 is 38.9 Å². The summed E-state index contributed by atoms with van der Waals surface area (Å²) < 4.78 is 27.5. The highest BCUT2D eigenvalue weighted by Crippen LogP contribution is 2.27. The number of halogens is 1. The summed E-state index contributed by atoms with van der Waals surface area (Å²) in [5, 5.41) is 9.02. The highest BCUT2D eigenvalue weighted by Gasteiger charge is 2.24. The van der Waals surface area contributed by atoms with Gasteiger partial charge in [0.15, 0.2) is 0 Å². The van der Waals surface area contributed by atoms with E-state index in [1.807, 2.05) is 6.92 Å². The van der Waals surface area contributed by atoms with Crippen molar-refractivity contribution in [2.75, 3.05) is 0 Å². The van der Waals surface area contributed by atoms with Gasteiger partial charge in [-0.05, 0) is 24.6 Å². The fourth-order valence-electron chi connectivity index (χ4n) is 1.89. The maximum atomic E-state index is 12.3. The summed E-state index contributed by atoms with van der Waals surface area (Å²) in [7, 11) is -3.82. The molecule has 2 rings (SSSR count). The zero-order valence-electron chi connectivity index (χ0n) is 11.6. The summed E-state index contributed by atoms with van der Waals surface area (Å²) in [5.74, 6) is -1.09. The van der Waals surface area contributed by atoms with Crippen LogP contribution >= 0.6 is 22.9 Å². The topological polar surface area (TPSA) is 83.5 Å². The Morgan fingerprint density at radius 1 is 1.27 bits per heavy atom. The quantitative estimate of drug-likeness (QED) is 0.829. The lowest BCUT2D eigenvalue weighted by Gasteiger charge is -2.17. The van der Waals surface area contributed by atoms with E-state index in [1.165, 1.54) is 12.1 Å². The van der Waals surface area contributed by atoms with E-state index in [2.05, 4.69) is 4.72 Å². The lowest BCUT2D eigenvalue weighted by Crippen LogP contribution is -2.29. The molecule has 1 heterocycles. The van der Waals surface area contributed by atoms with Gasteiger partial charge in [0.25, 0.3) is 10.0 Å². The van der Waals surface area contributed by atoms with Crippen molar-refractivity contribution in [2.24, 2.45) is 0 Å². The molecule has 0 bridgehead atoms. The Labute approximate surface area is 137 Å². The third-order valence-electron chi connectivity index (χ3n) is 2.97. The van der Waals surface area contributed by atoms with Gasteiger partial charge < -0.3 is 5.11 Å². The molecule has 0 unspecified atom stereocenters. The molecule has 1 aromatic carbocycles. The van der Waals surface area contributed by atoms with Crippen molar-refractivity contribution in [1.29, 1.82) is 0 Å². The predicted molar refractivity (Wildman–Crippen MR) is 85.8 cm³/mol. The van der Waals surface area contributed by atoms with Gasteiger partial charge in [0.05, 0.1) is 16.8 Å². The van der Waals surface area contributed by atoms with Gasteiger partial charge in [-0.3, -0.25) is 4.79 Å². The maximum Gasteiger partial charge on any atom is 0.305 e. The standard InChI is InChI=1S/C14H14ClNO4S2/c1-9-2-4-10(5-3-9)11(8-13(17)18)16-22(19,20)14-7-6-12(15)21-14/h2-7,11,16H,8H2,1H3,(H,17,18)/t11-/m0/s1. The average molecular weight is 360 g/mol. The molecule has 5 nitrogen and oxygen atoms in total. The van der Waals surface area contributed by atoms with Gasteiger partial charge in [0, 0.05) is 0 Å². The number of carbonyl (C=O) groups is 1. The van der Waals surface area contributed by atoms with Crippen molar-refractivity contribution in [3.8, 4) is 0 Å². The van der Waals surface area contributed by atoms with E-state index in [1.54, 1.807) is 24.3 Å². The van der Waals surface area contributed by atoms with Crippen LogP contribution in [0.1, 0.15) is 23.6 Å². The van der Waals surface area contributed by atoms with Gasteiger partial charge in [-0.25, -0.2) is 13.1 Å². The fourth-order valence-corrected chi connectivity index (χ4v) is 4.61. The third kappa shape index (κ3) is 4.30. The number of hydrogen-bond acceptors (Lipinski definition) is 4. The first-order valence-corrected chi connectivity index (χ1v) is 9.02. The molecule has 0 aliphatic carbocycles. The molecule has 8 heteroatoms. The van der Waals surface area contributed by atoms with E-state index in [0.29, 0.717) is 9.90 Å². The molecule has 0 saturated carbocycles. The molecule has 0 spiro atoms. The number of aryl methyl sites for hydroxylation is 1. The molecule has 0 saturated heterocycles. The zero-order valence-corrected chi connectivity index (χ0v) is 14.0. The van der Waals surface area contributed by atoms with Gasteiger partial charge in [0.2, 0.25) is 0 Å². The Morgan fingerprint density at radius 2 is 1.91 bits per heavy atom. The van der Waals surface area contributed by atoms with Crippen LogP contribution in [0.2, 0.25) is 4.34 Å². The Kier molecular flexibility index (Phi) is 5.23. The normalized spacial score (nSPS) is 13.0. The molecule has 2 N–H and O–H groups in total. The van der Waals surface area contributed by atoms with E-state index in [4.69, 9.17) is 16.7 Å². The molecule has 1 aromatic heterocycles. The monoisotopic (exact) mass is 359 g/mol. The summed E-state index contributed by atoms with van der Waals surface area (Å²) >= 11 is 6.67. The van der Waals surface area contributed by atoms with Crippen molar-refractivity contribution in [2.45, 2.75) is 23.6 Å². The molecule has 0 fully saturated rings. The first-order valence-electron chi connectivity index (χ1n) is 6.34. The maximum absolute atomic E-state index is 12.3. The Balaban J connectivity index is 2.30. The number of sulfonamides is 1. The largest absolute Gasteiger partial charge is 0.481 e. The van der Waals surface area contributed by atoms with Crippen LogP contribution in [-0.4, -0.2) is 19.5 Å². The Hall–Kier alpha value is -1.41. The molecule has 0 radical (unpaired) electrons. The number of carboxylic acids is 1. The zero-order chi connectivity index (χ0) is 16.3. The number of aliphatic carboxylic acids is 1. The van der Waals surface area contributed by atoms with E-state index in [-0.39, 0.29) is 10.6 Å². The minimum absolute atomic E-state index is 0.0556. The highest BCUT2D eigenvalue weighted by atomic mass is 35.5. The fraction of sp³-hybridized carbons (Fsp3) is 0.214. The number of nitrogens with one attached hydrogen (secondary N) is 1. The van der Waals surface area contributed by atoms with Crippen molar-refractivity contribution in [1.82, 2.24) is 4.72 Å². The van der Waals surface area contributed by atoms with Crippen LogP contribution in [0.5, 0.6) is 0 Å². The molecule has 118 valence electrons. The highest BCUT2D eigenvalue weighted by molar-refractivity contribution is 7.91. The van der Waals surface area contributed by atoms with Crippen molar-refractivity contribution in [3.05, 3.63) is 51.9 Å².